The van der Waals surface area contributed by atoms with Gasteiger partial charge in [-0.15, -0.1) is 0 Å². The number of nitrogens with one attached hydrogen (secondary N) is 1. The third kappa shape index (κ3) is 3.49. The molecule has 0 aliphatic heterocycles. The summed E-state index contributed by atoms with van der Waals surface area (Å²) in [6, 6.07) is 3.37. The Hall–Kier alpha value is -0.590. The fourth-order valence-electron chi connectivity index (χ4n) is 3.51. The molecule has 0 radical (unpaired) electrons. The molecule has 0 heterocycles. The van der Waals surface area contributed by atoms with Crippen LogP contribution in [0, 0.1) is 17.2 Å². The summed E-state index contributed by atoms with van der Waals surface area (Å²) in [6.45, 7) is 7.39. The van der Waals surface area contributed by atoms with Crippen molar-refractivity contribution in [2.45, 2.75) is 70.4 Å². The molecular formula is C16H29N3. The van der Waals surface area contributed by atoms with Crippen molar-refractivity contribution in [2.24, 2.45) is 5.92 Å². The lowest BCUT2D eigenvalue weighted by molar-refractivity contribution is 0.153. The van der Waals surface area contributed by atoms with Gasteiger partial charge in [-0.3, -0.25) is 10.2 Å². The molecule has 0 saturated heterocycles. The molecule has 3 heteroatoms. The fourth-order valence-corrected chi connectivity index (χ4v) is 3.51. The molecule has 1 N–H and O–H groups in total. The van der Waals surface area contributed by atoms with Gasteiger partial charge < -0.3 is 0 Å². The second-order valence-corrected chi connectivity index (χ2v) is 6.29. The highest BCUT2D eigenvalue weighted by Crippen LogP contribution is 2.40. The predicted octanol–water partition coefficient (Wildman–Crippen LogP) is 2.92. The first-order valence-electron chi connectivity index (χ1n) is 8.16. The SMILES string of the molecule is CCCNC(C#N)(CN(CC)C1CCCC1)C1CC1. The van der Waals surface area contributed by atoms with E-state index in [0.717, 1.165) is 32.1 Å². The third-order valence-electron chi connectivity index (χ3n) is 4.86. The van der Waals surface area contributed by atoms with Crippen LogP contribution in [0.3, 0.4) is 0 Å². The molecule has 2 aliphatic carbocycles. The van der Waals surface area contributed by atoms with Gasteiger partial charge in [0.25, 0.3) is 0 Å². The van der Waals surface area contributed by atoms with E-state index in [1.807, 2.05) is 0 Å². The number of rotatable bonds is 8. The summed E-state index contributed by atoms with van der Waals surface area (Å²) < 4.78 is 0. The highest BCUT2D eigenvalue weighted by atomic mass is 15.2. The molecule has 0 bridgehead atoms. The molecule has 3 nitrogen and oxygen atoms in total. The van der Waals surface area contributed by atoms with Gasteiger partial charge in [0.05, 0.1) is 6.07 Å². The van der Waals surface area contributed by atoms with E-state index in [1.165, 1.54) is 38.5 Å². The normalized spacial score (nSPS) is 23.5. The topological polar surface area (TPSA) is 39.1 Å². The van der Waals surface area contributed by atoms with Crippen LogP contribution in [0.15, 0.2) is 0 Å². The van der Waals surface area contributed by atoms with Crippen molar-refractivity contribution in [2.75, 3.05) is 19.6 Å². The van der Waals surface area contributed by atoms with Crippen LogP contribution in [0.2, 0.25) is 0 Å². The standard InChI is InChI=1S/C16H29N3/c1-3-11-18-16(12-17,14-9-10-14)13-19(4-2)15-7-5-6-8-15/h14-15,18H,3-11,13H2,1-2H3. The van der Waals surface area contributed by atoms with E-state index in [2.05, 4.69) is 30.1 Å². The van der Waals surface area contributed by atoms with Crippen LogP contribution in [0.5, 0.6) is 0 Å². The van der Waals surface area contributed by atoms with Gasteiger partial charge in [0, 0.05) is 12.6 Å². The van der Waals surface area contributed by atoms with E-state index >= 15 is 0 Å². The Bertz CT molecular complexity index is 312. The molecule has 0 aromatic carbocycles. The molecule has 2 rings (SSSR count). The van der Waals surface area contributed by atoms with Crippen molar-refractivity contribution in [1.82, 2.24) is 10.2 Å². The molecule has 108 valence electrons. The molecule has 2 fully saturated rings. The van der Waals surface area contributed by atoms with Crippen LogP contribution < -0.4 is 5.32 Å². The lowest BCUT2D eigenvalue weighted by Crippen LogP contribution is -2.56. The third-order valence-corrected chi connectivity index (χ3v) is 4.86. The van der Waals surface area contributed by atoms with Crippen LogP contribution in [-0.4, -0.2) is 36.1 Å². The van der Waals surface area contributed by atoms with Crippen molar-refractivity contribution in [3.8, 4) is 6.07 Å². The number of nitrogens with zero attached hydrogens (tertiary/aromatic N) is 2. The Balaban J connectivity index is 2.02. The van der Waals surface area contributed by atoms with Gasteiger partial charge >= 0.3 is 0 Å². The van der Waals surface area contributed by atoms with Crippen molar-refractivity contribution < 1.29 is 0 Å². The van der Waals surface area contributed by atoms with Crippen LogP contribution in [0.1, 0.15) is 58.8 Å². The molecule has 1 unspecified atom stereocenters. The minimum atomic E-state index is -0.283. The van der Waals surface area contributed by atoms with Crippen molar-refractivity contribution in [3.63, 3.8) is 0 Å². The molecule has 0 amide bonds. The maximum atomic E-state index is 9.76. The van der Waals surface area contributed by atoms with Gasteiger partial charge in [-0.2, -0.15) is 5.26 Å². The molecule has 2 aliphatic rings. The maximum absolute atomic E-state index is 9.76. The minimum Gasteiger partial charge on any atom is -0.298 e. The second-order valence-electron chi connectivity index (χ2n) is 6.29. The summed E-state index contributed by atoms with van der Waals surface area (Å²) in [7, 11) is 0. The Morgan fingerprint density at radius 2 is 1.89 bits per heavy atom. The zero-order valence-electron chi connectivity index (χ0n) is 12.6. The van der Waals surface area contributed by atoms with Crippen LogP contribution in [0.4, 0.5) is 0 Å². The highest BCUT2D eigenvalue weighted by molar-refractivity contribution is 5.17. The van der Waals surface area contributed by atoms with Crippen molar-refractivity contribution in [3.05, 3.63) is 0 Å². The summed E-state index contributed by atoms with van der Waals surface area (Å²) >= 11 is 0. The van der Waals surface area contributed by atoms with Gasteiger partial charge in [-0.25, -0.2) is 0 Å². The summed E-state index contributed by atoms with van der Waals surface area (Å²) in [5, 5.41) is 13.3. The van der Waals surface area contributed by atoms with Crippen molar-refractivity contribution >= 4 is 0 Å². The maximum Gasteiger partial charge on any atom is 0.122 e. The lowest BCUT2D eigenvalue weighted by Gasteiger charge is -2.37. The first-order chi connectivity index (χ1) is 9.25. The Morgan fingerprint density at radius 1 is 1.21 bits per heavy atom. The van der Waals surface area contributed by atoms with Gasteiger partial charge in [-0.05, 0) is 51.1 Å². The van der Waals surface area contributed by atoms with E-state index in [1.54, 1.807) is 0 Å². The highest BCUT2D eigenvalue weighted by Gasteiger charge is 2.46. The number of likely N-dealkylation sites (N-methyl/N-ethyl adjacent to an activating group) is 1. The quantitative estimate of drug-likeness (QED) is 0.732. The first-order valence-corrected chi connectivity index (χ1v) is 8.16. The molecule has 19 heavy (non-hydrogen) atoms. The van der Waals surface area contributed by atoms with E-state index in [4.69, 9.17) is 0 Å². The molecule has 1 atom stereocenters. The largest absolute Gasteiger partial charge is 0.298 e. The zero-order chi connectivity index (χ0) is 13.7. The zero-order valence-corrected chi connectivity index (χ0v) is 12.6. The summed E-state index contributed by atoms with van der Waals surface area (Å²) in [5.41, 5.74) is -0.283. The average Bonchev–Trinajstić information content (AvgIpc) is 3.16. The van der Waals surface area contributed by atoms with Gasteiger partial charge in [0.2, 0.25) is 0 Å². The van der Waals surface area contributed by atoms with Gasteiger partial charge in [0.1, 0.15) is 5.54 Å². The van der Waals surface area contributed by atoms with Crippen LogP contribution >= 0.6 is 0 Å². The first kappa shape index (κ1) is 14.8. The monoisotopic (exact) mass is 263 g/mol. The van der Waals surface area contributed by atoms with Gasteiger partial charge in [0.15, 0.2) is 0 Å². The van der Waals surface area contributed by atoms with Crippen molar-refractivity contribution in [1.29, 1.82) is 5.26 Å². The van der Waals surface area contributed by atoms with E-state index in [-0.39, 0.29) is 5.54 Å². The molecule has 0 aromatic rings. The van der Waals surface area contributed by atoms with E-state index in [0.29, 0.717) is 5.92 Å². The predicted molar refractivity (Wildman–Crippen MR) is 78.9 cm³/mol. The van der Waals surface area contributed by atoms with Crippen LogP contribution in [0.25, 0.3) is 0 Å². The Labute approximate surface area is 118 Å². The molecule has 0 spiro atoms. The fraction of sp³-hybridized carbons (Fsp3) is 0.938. The summed E-state index contributed by atoms with van der Waals surface area (Å²) in [5.74, 6) is 0.583. The molecular weight excluding hydrogens is 234 g/mol. The smallest absolute Gasteiger partial charge is 0.122 e. The Kier molecular flexibility index (Phi) is 5.24. The summed E-state index contributed by atoms with van der Waals surface area (Å²) in [6.07, 6.45) is 8.95. The summed E-state index contributed by atoms with van der Waals surface area (Å²) in [4.78, 5) is 2.57. The van der Waals surface area contributed by atoms with E-state index < -0.39 is 0 Å². The molecule has 2 saturated carbocycles. The van der Waals surface area contributed by atoms with Gasteiger partial charge in [-0.1, -0.05) is 26.7 Å². The lowest BCUT2D eigenvalue weighted by atomic mass is 9.93. The Morgan fingerprint density at radius 3 is 2.37 bits per heavy atom. The average molecular weight is 263 g/mol. The molecule has 0 aromatic heterocycles. The number of hydrogen-bond donors (Lipinski definition) is 1. The van der Waals surface area contributed by atoms with E-state index in [9.17, 15) is 5.26 Å². The number of hydrogen-bond acceptors (Lipinski definition) is 3. The minimum absolute atomic E-state index is 0.283. The number of nitriles is 1. The second kappa shape index (κ2) is 6.72. The van der Waals surface area contributed by atoms with Crippen LogP contribution in [-0.2, 0) is 0 Å².